The quantitative estimate of drug-likeness (QED) is 0.375. The molecule has 1 aromatic carbocycles. The summed E-state index contributed by atoms with van der Waals surface area (Å²) in [6.07, 6.45) is 3.39. The molecule has 0 unspecified atom stereocenters. The number of nitrogens with zero attached hydrogens (tertiary/aromatic N) is 1. The van der Waals surface area contributed by atoms with Crippen LogP contribution in [0.2, 0.25) is 0 Å². The molecule has 1 aromatic rings. The van der Waals surface area contributed by atoms with E-state index >= 15 is 0 Å². The zero-order valence-corrected chi connectivity index (χ0v) is 14.4. The Bertz CT molecular complexity index is 417. The molecule has 1 N–H and O–H groups in total. The molecular formula is C14H19N2NaO3. The van der Waals surface area contributed by atoms with E-state index in [0.717, 1.165) is 12.2 Å². The fourth-order valence-electron chi connectivity index (χ4n) is 1.19. The minimum atomic E-state index is -0.500. The third-order valence-corrected chi connectivity index (χ3v) is 2.06. The summed E-state index contributed by atoms with van der Waals surface area (Å²) >= 11 is 0. The largest absolute Gasteiger partial charge is 1.00 e. The van der Waals surface area contributed by atoms with Crippen LogP contribution >= 0.6 is 0 Å². The van der Waals surface area contributed by atoms with Gasteiger partial charge in [-0.2, -0.15) is 0 Å². The molecule has 0 saturated heterocycles. The van der Waals surface area contributed by atoms with E-state index in [9.17, 15) is 4.79 Å². The van der Waals surface area contributed by atoms with Crippen molar-refractivity contribution in [1.82, 2.24) is 4.90 Å². The third kappa shape index (κ3) is 11.9. The van der Waals surface area contributed by atoms with E-state index in [-0.39, 0.29) is 35.5 Å². The van der Waals surface area contributed by atoms with E-state index in [0.29, 0.717) is 0 Å². The number of likely N-dealkylation sites (N-methyl/N-ethyl adjacent to an activating group) is 1. The molecule has 0 aliphatic carbocycles. The van der Waals surface area contributed by atoms with Crippen molar-refractivity contribution >= 4 is 18.1 Å². The van der Waals surface area contributed by atoms with Crippen LogP contribution in [0.5, 0.6) is 0 Å². The van der Waals surface area contributed by atoms with E-state index in [1.54, 1.807) is 6.08 Å². The van der Waals surface area contributed by atoms with Gasteiger partial charge in [0.1, 0.15) is 0 Å². The normalized spacial score (nSPS) is 9.40. The molecule has 0 spiro atoms. The minimum absolute atomic E-state index is 0. The predicted octanol–water partition coefficient (Wildman–Crippen LogP) is -2.58. The van der Waals surface area contributed by atoms with Crippen LogP contribution in [0.25, 0.3) is 0 Å². The Morgan fingerprint density at radius 1 is 1.30 bits per heavy atom. The summed E-state index contributed by atoms with van der Waals surface area (Å²) in [6.45, 7) is 2.28. The van der Waals surface area contributed by atoms with Crippen LogP contribution in [-0.2, 0) is 9.59 Å². The van der Waals surface area contributed by atoms with Gasteiger partial charge in [0.25, 0.3) is 0 Å². The Labute approximate surface area is 142 Å². The van der Waals surface area contributed by atoms with Gasteiger partial charge < -0.3 is 20.1 Å². The molecule has 0 aliphatic heterocycles. The number of hydrogen-bond donors (Lipinski definition) is 1. The van der Waals surface area contributed by atoms with Gasteiger partial charge in [-0.3, -0.25) is 4.79 Å². The van der Waals surface area contributed by atoms with Gasteiger partial charge >= 0.3 is 29.6 Å². The molecule has 1 rings (SSSR count). The summed E-state index contributed by atoms with van der Waals surface area (Å²) in [4.78, 5) is 21.7. The molecule has 0 atom stereocenters. The van der Waals surface area contributed by atoms with E-state index in [1.165, 1.54) is 5.56 Å². The number of anilines is 1. The number of aryl methyl sites for hydroxylation is 1. The number of rotatable bonds is 4. The minimum Gasteiger partial charge on any atom is -0.554 e. The van der Waals surface area contributed by atoms with Crippen molar-refractivity contribution in [3.8, 4) is 0 Å². The zero-order chi connectivity index (χ0) is 14.7. The van der Waals surface area contributed by atoms with Crippen molar-refractivity contribution in [3.63, 3.8) is 0 Å². The summed E-state index contributed by atoms with van der Waals surface area (Å²) in [5.41, 5.74) is 2.01. The van der Waals surface area contributed by atoms with Gasteiger partial charge in [-0.05, 0) is 33.2 Å². The molecule has 20 heavy (non-hydrogen) atoms. The van der Waals surface area contributed by atoms with Crippen LogP contribution < -0.4 is 40.0 Å². The number of hydrogen-bond acceptors (Lipinski definition) is 4. The average Bonchev–Trinajstić information content (AvgIpc) is 2.32. The summed E-state index contributed by atoms with van der Waals surface area (Å²) in [5, 5.41) is 11.0. The molecule has 0 radical (unpaired) electrons. The maximum Gasteiger partial charge on any atom is 1.00 e. The first-order valence-corrected chi connectivity index (χ1v) is 5.74. The maximum atomic E-state index is 11.5. The van der Waals surface area contributed by atoms with Crippen LogP contribution in [-0.4, -0.2) is 37.9 Å². The van der Waals surface area contributed by atoms with Gasteiger partial charge in [-0.1, -0.05) is 23.8 Å². The van der Waals surface area contributed by atoms with Crippen LogP contribution in [0.15, 0.2) is 36.4 Å². The van der Waals surface area contributed by atoms with Gasteiger partial charge in [0.2, 0.25) is 5.91 Å². The third-order valence-electron chi connectivity index (χ3n) is 2.06. The molecule has 104 valence electrons. The van der Waals surface area contributed by atoms with E-state index < -0.39 is 6.47 Å². The zero-order valence-electron chi connectivity index (χ0n) is 12.4. The summed E-state index contributed by atoms with van der Waals surface area (Å²) in [5.74, 6) is -0.0919. The van der Waals surface area contributed by atoms with Gasteiger partial charge in [0.05, 0.1) is 0 Å². The second-order valence-corrected chi connectivity index (χ2v) is 4.12. The molecule has 0 heterocycles. The molecule has 0 aliphatic rings. The second kappa shape index (κ2) is 12.9. The Morgan fingerprint density at radius 3 is 2.25 bits per heavy atom. The molecule has 5 nitrogen and oxygen atoms in total. The van der Waals surface area contributed by atoms with Crippen LogP contribution in [0.4, 0.5) is 5.69 Å². The van der Waals surface area contributed by atoms with Crippen molar-refractivity contribution in [2.75, 3.05) is 26.0 Å². The number of carboxylic acid groups (broad SMARTS) is 1. The number of benzene rings is 1. The van der Waals surface area contributed by atoms with Crippen LogP contribution in [0.3, 0.4) is 0 Å². The number of carbonyl (C=O) groups excluding carboxylic acids is 2. The van der Waals surface area contributed by atoms with Crippen molar-refractivity contribution in [2.24, 2.45) is 0 Å². The molecule has 6 heteroatoms. The number of amides is 1. The van der Waals surface area contributed by atoms with Gasteiger partial charge in [-0.25, -0.2) is 0 Å². The van der Waals surface area contributed by atoms with Gasteiger partial charge in [0.15, 0.2) is 0 Å². The topological polar surface area (TPSA) is 72.5 Å². The summed E-state index contributed by atoms with van der Waals surface area (Å²) in [6, 6.07) is 7.73. The Hall–Kier alpha value is -1.14. The second-order valence-electron chi connectivity index (χ2n) is 4.12. The molecule has 0 bridgehead atoms. The van der Waals surface area contributed by atoms with Crippen LogP contribution in [0.1, 0.15) is 5.56 Å². The number of nitrogens with one attached hydrogen (secondary N) is 1. The van der Waals surface area contributed by atoms with Gasteiger partial charge in [0, 0.05) is 24.8 Å². The van der Waals surface area contributed by atoms with E-state index in [1.807, 2.05) is 56.3 Å². The standard InChI is InChI=1S/C13H18N2O.CH2O2.Na/c1-11-6-8-12(9-7-11)14-13(16)5-4-10-15(2)3;2-1-3;/h4-9H,10H2,1-3H3,(H,14,16);1H,(H,2,3);/q;;+1/p-1/b5-4+;;. The smallest absolute Gasteiger partial charge is 0.554 e. The summed E-state index contributed by atoms with van der Waals surface area (Å²) in [7, 11) is 3.92. The van der Waals surface area contributed by atoms with Crippen molar-refractivity contribution in [1.29, 1.82) is 0 Å². The van der Waals surface area contributed by atoms with Crippen molar-refractivity contribution < 1.29 is 44.3 Å². The molecule has 0 fully saturated rings. The molecule has 0 aromatic heterocycles. The van der Waals surface area contributed by atoms with Gasteiger partial charge in [-0.15, -0.1) is 0 Å². The van der Waals surface area contributed by atoms with E-state index in [4.69, 9.17) is 9.90 Å². The first kappa shape index (κ1) is 21.2. The fourth-order valence-corrected chi connectivity index (χ4v) is 1.19. The fraction of sp³-hybridized carbons (Fsp3) is 0.286. The SMILES string of the molecule is Cc1ccc(NC(=O)/C=C/CN(C)C)cc1.O=C[O-].[Na+]. The summed E-state index contributed by atoms with van der Waals surface area (Å²) < 4.78 is 0. The number of carbonyl (C=O) groups is 2. The maximum absolute atomic E-state index is 11.5. The van der Waals surface area contributed by atoms with E-state index in [2.05, 4.69) is 5.32 Å². The first-order valence-electron chi connectivity index (χ1n) is 5.74. The van der Waals surface area contributed by atoms with Crippen molar-refractivity contribution in [2.45, 2.75) is 6.92 Å². The first-order chi connectivity index (χ1) is 8.99. The van der Waals surface area contributed by atoms with Crippen molar-refractivity contribution in [3.05, 3.63) is 42.0 Å². The Balaban J connectivity index is 0. The average molecular weight is 286 g/mol. The Kier molecular flexibility index (Phi) is 13.6. The molecule has 1 amide bonds. The van der Waals surface area contributed by atoms with Crippen LogP contribution in [0, 0.1) is 6.92 Å². The molecular weight excluding hydrogens is 267 g/mol. The predicted molar refractivity (Wildman–Crippen MR) is 73.6 cm³/mol. The monoisotopic (exact) mass is 286 g/mol. The Morgan fingerprint density at radius 2 is 1.80 bits per heavy atom. The molecule has 0 saturated carbocycles.